The second-order valence-corrected chi connectivity index (χ2v) is 6.70. The molecule has 7 heteroatoms. The van der Waals surface area contributed by atoms with Crippen molar-refractivity contribution in [1.29, 1.82) is 0 Å². The third-order valence-corrected chi connectivity index (χ3v) is 5.15. The number of rotatable bonds is 4. The fourth-order valence-electron chi connectivity index (χ4n) is 3.79. The van der Waals surface area contributed by atoms with Gasteiger partial charge in [-0.3, -0.25) is 9.59 Å². The van der Waals surface area contributed by atoms with Crippen LogP contribution in [0, 0.1) is 17.8 Å². The van der Waals surface area contributed by atoms with Crippen molar-refractivity contribution >= 4 is 11.9 Å². The minimum Gasteiger partial charge on any atom is -0.469 e. The topological polar surface area (TPSA) is 55.4 Å². The second kappa shape index (κ2) is 7.53. The number of esters is 1. The van der Waals surface area contributed by atoms with E-state index in [2.05, 4.69) is 5.32 Å². The highest BCUT2D eigenvalue weighted by atomic mass is 19.4. The van der Waals surface area contributed by atoms with Crippen LogP contribution in [0.4, 0.5) is 13.2 Å². The Morgan fingerprint density at radius 3 is 2.30 bits per heavy atom. The average Bonchev–Trinajstić information content (AvgIpc) is 2.94. The van der Waals surface area contributed by atoms with E-state index in [1.807, 2.05) is 0 Å². The largest absolute Gasteiger partial charge is 0.469 e. The van der Waals surface area contributed by atoms with E-state index in [-0.39, 0.29) is 49.0 Å². The molecule has 0 spiro atoms. The van der Waals surface area contributed by atoms with Gasteiger partial charge in [0, 0.05) is 12.5 Å². The summed E-state index contributed by atoms with van der Waals surface area (Å²) in [6, 6.07) is -0.207. The van der Waals surface area contributed by atoms with Gasteiger partial charge in [0.15, 0.2) is 0 Å². The van der Waals surface area contributed by atoms with Crippen molar-refractivity contribution in [2.45, 2.75) is 63.6 Å². The standard InChI is InChI=1S/C16H24F3NO3/c1-23-15(22)12-3-2-4-13(12)20-14(21)9-10-5-7-11(8-6-10)16(17,18)19/h10-13H,2-9H2,1H3,(H,20,21). The molecule has 2 saturated carbocycles. The number of amides is 1. The van der Waals surface area contributed by atoms with Crippen molar-refractivity contribution in [1.82, 2.24) is 5.32 Å². The smallest absolute Gasteiger partial charge is 0.391 e. The maximum Gasteiger partial charge on any atom is 0.391 e. The molecule has 4 nitrogen and oxygen atoms in total. The summed E-state index contributed by atoms with van der Waals surface area (Å²) in [5.74, 6) is -1.99. The molecule has 0 aromatic carbocycles. The summed E-state index contributed by atoms with van der Waals surface area (Å²) < 4.78 is 42.6. The molecule has 0 aromatic heterocycles. The number of carbonyl (C=O) groups is 2. The lowest BCUT2D eigenvalue weighted by molar-refractivity contribution is -0.184. The molecule has 132 valence electrons. The van der Waals surface area contributed by atoms with E-state index in [0.29, 0.717) is 19.3 Å². The van der Waals surface area contributed by atoms with Gasteiger partial charge < -0.3 is 10.1 Å². The zero-order valence-electron chi connectivity index (χ0n) is 13.3. The molecule has 0 heterocycles. The van der Waals surface area contributed by atoms with Gasteiger partial charge in [-0.2, -0.15) is 13.2 Å². The molecule has 2 fully saturated rings. The first kappa shape index (κ1) is 18.1. The molecule has 1 N–H and O–H groups in total. The zero-order chi connectivity index (χ0) is 17.0. The lowest BCUT2D eigenvalue weighted by Crippen LogP contribution is -2.41. The van der Waals surface area contributed by atoms with Gasteiger partial charge in [0.1, 0.15) is 0 Å². The van der Waals surface area contributed by atoms with E-state index in [1.54, 1.807) is 0 Å². The Bertz CT molecular complexity index is 431. The summed E-state index contributed by atoms with van der Waals surface area (Å²) >= 11 is 0. The summed E-state index contributed by atoms with van der Waals surface area (Å²) in [6.07, 6.45) is -0.488. The van der Waals surface area contributed by atoms with Crippen LogP contribution in [-0.4, -0.2) is 31.2 Å². The minimum absolute atomic E-state index is 0.00609. The molecular weight excluding hydrogens is 311 g/mol. The molecule has 2 aliphatic rings. The van der Waals surface area contributed by atoms with E-state index in [0.717, 1.165) is 12.8 Å². The summed E-state index contributed by atoms with van der Waals surface area (Å²) in [4.78, 5) is 23.8. The van der Waals surface area contributed by atoms with E-state index >= 15 is 0 Å². The van der Waals surface area contributed by atoms with Gasteiger partial charge in [-0.15, -0.1) is 0 Å². The van der Waals surface area contributed by atoms with Crippen LogP contribution in [0.3, 0.4) is 0 Å². The van der Waals surface area contributed by atoms with Gasteiger partial charge >= 0.3 is 12.1 Å². The van der Waals surface area contributed by atoms with Crippen molar-refractivity contribution in [2.75, 3.05) is 7.11 Å². The van der Waals surface area contributed by atoms with Crippen LogP contribution < -0.4 is 5.32 Å². The van der Waals surface area contributed by atoms with Gasteiger partial charge in [0.05, 0.1) is 18.9 Å². The maximum absolute atomic E-state index is 12.6. The first-order chi connectivity index (χ1) is 10.8. The number of halogens is 3. The first-order valence-electron chi connectivity index (χ1n) is 8.25. The van der Waals surface area contributed by atoms with Crippen LogP contribution in [0.15, 0.2) is 0 Å². The third-order valence-electron chi connectivity index (χ3n) is 5.15. The molecule has 0 bridgehead atoms. The number of methoxy groups -OCH3 is 1. The first-order valence-corrected chi connectivity index (χ1v) is 8.25. The number of nitrogens with one attached hydrogen (secondary N) is 1. The number of hydrogen-bond donors (Lipinski definition) is 1. The van der Waals surface area contributed by atoms with Gasteiger partial charge in [-0.05, 0) is 44.4 Å². The summed E-state index contributed by atoms with van der Waals surface area (Å²) in [5, 5.41) is 2.87. The van der Waals surface area contributed by atoms with Crippen LogP contribution in [0.5, 0.6) is 0 Å². The number of hydrogen-bond acceptors (Lipinski definition) is 3. The Morgan fingerprint density at radius 2 is 1.74 bits per heavy atom. The van der Waals surface area contributed by atoms with Crippen LogP contribution in [0.2, 0.25) is 0 Å². The molecule has 0 aliphatic heterocycles. The van der Waals surface area contributed by atoms with Crippen molar-refractivity contribution < 1.29 is 27.5 Å². The van der Waals surface area contributed by atoms with Crippen LogP contribution in [0.25, 0.3) is 0 Å². The highest BCUT2D eigenvalue weighted by Gasteiger charge is 2.42. The predicted molar refractivity (Wildman–Crippen MR) is 77.4 cm³/mol. The Morgan fingerprint density at radius 1 is 1.09 bits per heavy atom. The Labute approximate surface area is 134 Å². The Kier molecular flexibility index (Phi) is 5.92. The van der Waals surface area contributed by atoms with Gasteiger partial charge in [-0.25, -0.2) is 0 Å². The molecule has 2 aliphatic carbocycles. The van der Waals surface area contributed by atoms with Crippen LogP contribution in [-0.2, 0) is 14.3 Å². The minimum atomic E-state index is -4.12. The van der Waals surface area contributed by atoms with E-state index in [1.165, 1.54) is 7.11 Å². The fraction of sp³-hybridized carbons (Fsp3) is 0.875. The number of carbonyl (C=O) groups excluding carboxylic acids is 2. The second-order valence-electron chi connectivity index (χ2n) is 6.70. The summed E-state index contributed by atoms with van der Waals surface area (Å²) in [6.45, 7) is 0. The number of ether oxygens (including phenoxy) is 1. The Balaban J connectivity index is 1.76. The maximum atomic E-state index is 12.6. The van der Waals surface area contributed by atoms with E-state index in [4.69, 9.17) is 4.74 Å². The monoisotopic (exact) mass is 335 g/mol. The van der Waals surface area contributed by atoms with Crippen molar-refractivity contribution in [3.8, 4) is 0 Å². The molecule has 0 saturated heterocycles. The molecule has 0 radical (unpaired) electrons. The zero-order valence-corrected chi connectivity index (χ0v) is 13.3. The lowest BCUT2D eigenvalue weighted by Gasteiger charge is -2.30. The van der Waals surface area contributed by atoms with Gasteiger partial charge in [-0.1, -0.05) is 6.42 Å². The average molecular weight is 335 g/mol. The normalized spacial score (nSPS) is 31.7. The van der Waals surface area contributed by atoms with Crippen LogP contribution >= 0.6 is 0 Å². The van der Waals surface area contributed by atoms with Crippen molar-refractivity contribution in [2.24, 2.45) is 17.8 Å². The predicted octanol–water partition coefficient (Wildman–Crippen LogP) is 3.20. The third kappa shape index (κ3) is 4.85. The molecule has 2 unspecified atom stereocenters. The molecule has 1 amide bonds. The van der Waals surface area contributed by atoms with Crippen molar-refractivity contribution in [3.05, 3.63) is 0 Å². The molecule has 2 atom stereocenters. The highest BCUT2D eigenvalue weighted by Crippen LogP contribution is 2.40. The van der Waals surface area contributed by atoms with Gasteiger partial charge in [0.2, 0.25) is 5.91 Å². The molecule has 23 heavy (non-hydrogen) atoms. The van der Waals surface area contributed by atoms with E-state index < -0.39 is 12.1 Å². The molecule has 2 rings (SSSR count). The lowest BCUT2D eigenvalue weighted by atomic mass is 9.80. The summed E-state index contributed by atoms with van der Waals surface area (Å²) in [7, 11) is 1.33. The van der Waals surface area contributed by atoms with Gasteiger partial charge in [0.25, 0.3) is 0 Å². The highest BCUT2D eigenvalue weighted by molar-refractivity contribution is 5.79. The fourth-order valence-corrected chi connectivity index (χ4v) is 3.79. The SMILES string of the molecule is COC(=O)C1CCCC1NC(=O)CC1CCC(C(F)(F)F)CC1. The van der Waals surface area contributed by atoms with Crippen molar-refractivity contribution in [3.63, 3.8) is 0 Å². The molecule has 0 aromatic rings. The Hall–Kier alpha value is -1.27. The van der Waals surface area contributed by atoms with Crippen LogP contribution in [0.1, 0.15) is 51.4 Å². The summed E-state index contributed by atoms with van der Waals surface area (Å²) in [5.41, 5.74) is 0. The number of alkyl halides is 3. The quantitative estimate of drug-likeness (QED) is 0.803. The molecular formula is C16H24F3NO3. The van der Waals surface area contributed by atoms with E-state index in [9.17, 15) is 22.8 Å².